The summed E-state index contributed by atoms with van der Waals surface area (Å²) in [7, 11) is 0. The Morgan fingerprint density at radius 3 is 2.65 bits per heavy atom. The molecule has 94 valence electrons. The quantitative estimate of drug-likeness (QED) is 0.845. The fourth-order valence-electron chi connectivity index (χ4n) is 2.45. The van der Waals surface area contributed by atoms with Crippen LogP contribution in [0.15, 0.2) is 24.3 Å². The van der Waals surface area contributed by atoms with Gasteiger partial charge in [-0.2, -0.15) is 0 Å². The van der Waals surface area contributed by atoms with Crippen molar-refractivity contribution in [1.29, 1.82) is 0 Å². The molecule has 1 aliphatic rings. The zero-order valence-electron chi connectivity index (χ0n) is 10.6. The first-order valence-corrected chi connectivity index (χ1v) is 6.45. The van der Waals surface area contributed by atoms with Gasteiger partial charge in [-0.25, -0.2) is 4.39 Å². The second kappa shape index (κ2) is 5.61. The fraction of sp³-hybridized carbons (Fsp3) is 0.571. The molecule has 1 heterocycles. The number of rotatable bonds is 5. The van der Waals surface area contributed by atoms with Crippen LogP contribution in [0.2, 0.25) is 0 Å². The summed E-state index contributed by atoms with van der Waals surface area (Å²) in [6.07, 6.45) is 1.11. The number of benzene rings is 1. The molecule has 1 aliphatic heterocycles. The lowest BCUT2D eigenvalue weighted by Gasteiger charge is -2.42. The Bertz CT molecular complexity index is 363. The van der Waals surface area contributed by atoms with Crippen molar-refractivity contribution in [3.8, 4) is 0 Å². The molecule has 1 aromatic rings. The average molecular weight is 236 g/mol. The van der Waals surface area contributed by atoms with Gasteiger partial charge >= 0.3 is 0 Å². The van der Waals surface area contributed by atoms with Crippen LogP contribution >= 0.6 is 0 Å². The molecule has 0 radical (unpaired) electrons. The van der Waals surface area contributed by atoms with E-state index in [2.05, 4.69) is 24.1 Å². The van der Waals surface area contributed by atoms with E-state index < -0.39 is 0 Å². The lowest BCUT2D eigenvalue weighted by atomic mass is 10.0. The summed E-state index contributed by atoms with van der Waals surface area (Å²) in [4.78, 5) is 2.41. The van der Waals surface area contributed by atoms with Crippen molar-refractivity contribution in [2.24, 2.45) is 0 Å². The summed E-state index contributed by atoms with van der Waals surface area (Å²) in [5.41, 5.74) is 0.813. The summed E-state index contributed by atoms with van der Waals surface area (Å²) >= 11 is 0. The molecule has 2 rings (SSSR count). The first kappa shape index (κ1) is 12.5. The standard InChI is InChI=1S/C14H21FN2/c1-3-8-17(12-9-16-10-12)11(2)13-6-4-5-7-14(13)15/h4-7,11-12,16H,3,8-10H2,1-2H3. The highest BCUT2D eigenvalue weighted by Crippen LogP contribution is 2.26. The Balaban J connectivity index is 2.15. The van der Waals surface area contributed by atoms with E-state index >= 15 is 0 Å². The lowest BCUT2D eigenvalue weighted by molar-refractivity contribution is 0.101. The van der Waals surface area contributed by atoms with Gasteiger partial charge in [-0.1, -0.05) is 25.1 Å². The van der Waals surface area contributed by atoms with Gasteiger partial charge in [-0.3, -0.25) is 4.90 Å². The Hall–Kier alpha value is -0.930. The lowest BCUT2D eigenvalue weighted by Crippen LogP contribution is -2.57. The molecular weight excluding hydrogens is 215 g/mol. The van der Waals surface area contributed by atoms with Crippen LogP contribution in [0, 0.1) is 5.82 Å². The van der Waals surface area contributed by atoms with Gasteiger partial charge in [-0.15, -0.1) is 0 Å². The SMILES string of the molecule is CCCN(C1CNC1)C(C)c1ccccc1F. The maximum absolute atomic E-state index is 13.8. The number of nitrogens with one attached hydrogen (secondary N) is 1. The van der Waals surface area contributed by atoms with Gasteiger partial charge in [-0.05, 0) is 26.0 Å². The summed E-state index contributed by atoms with van der Waals surface area (Å²) in [6.45, 7) is 7.36. The van der Waals surface area contributed by atoms with Crippen molar-refractivity contribution in [2.75, 3.05) is 19.6 Å². The van der Waals surface area contributed by atoms with Crippen molar-refractivity contribution < 1.29 is 4.39 Å². The van der Waals surface area contributed by atoms with E-state index in [-0.39, 0.29) is 11.9 Å². The minimum Gasteiger partial charge on any atom is -0.314 e. The monoisotopic (exact) mass is 236 g/mol. The molecular formula is C14H21FN2. The number of halogens is 1. The highest BCUT2D eigenvalue weighted by molar-refractivity contribution is 5.21. The number of nitrogens with zero attached hydrogens (tertiary/aromatic N) is 1. The molecule has 1 saturated heterocycles. The Morgan fingerprint density at radius 2 is 2.12 bits per heavy atom. The van der Waals surface area contributed by atoms with E-state index in [0.717, 1.165) is 31.6 Å². The smallest absolute Gasteiger partial charge is 0.127 e. The molecule has 1 unspecified atom stereocenters. The maximum Gasteiger partial charge on any atom is 0.127 e. The van der Waals surface area contributed by atoms with E-state index in [1.165, 1.54) is 0 Å². The van der Waals surface area contributed by atoms with E-state index in [1.54, 1.807) is 12.1 Å². The molecule has 17 heavy (non-hydrogen) atoms. The van der Waals surface area contributed by atoms with E-state index in [9.17, 15) is 4.39 Å². The third-order valence-corrected chi connectivity index (χ3v) is 3.56. The molecule has 0 aliphatic carbocycles. The minimum absolute atomic E-state index is 0.0895. The topological polar surface area (TPSA) is 15.3 Å². The maximum atomic E-state index is 13.8. The third-order valence-electron chi connectivity index (χ3n) is 3.56. The molecule has 0 bridgehead atoms. The van der Waals surface area contributed by atoms with Crippen LogP contribution in [0.1, 0.15) is 31.9 Å². The van der Waals surface area contributed by atoms with Gasteiger partial charge in [0.25, 0.3) is 0 Å². The molecule has 0 aromatic heterocycles. The Labute approximate surface area is 103 Å². The summed E-state index contributed by atoms with van der Waals surface area (Å²) in [5, 5.41) is 3.29. The van der Waals surface area contributed by atoms with Gasteiger partial charge in [0.1, 0.15) is 5.82 Å². The molecule has 0 spiro atoms. The van der Waals surface area contributed by atoms with Crippen molar-refractivity contribution in [1.82, 2.24) is 10.2 Å². The molecule has 1 N–H and O–H groups in total. The van der Waals surface area contributed by atoms with Crippen LogP contribution < -0.4 is 5.32 Å². The van der Waals surface area contributed by atoms with Gasteiger partial charge in [0.2, 0.25) is 0 Å². The molecule has 1 aromatic carbocycles. The van der Waals surface area contributed by atoms with Crippen molar-refractivity contribution in [3.05, 3.63) is 35.6 Å². The summed E-state index contributed by atoms with van der Waals surface area (Å²) < 4.78 is 13.8. The zero-order chi connectivity index (χ0) is 12.3. The largest absolute Gasteiger partial charge is 0.314 e. The highest BCUT2D eigenvalue weighted by atomic mass is 19.1. The van der Waals surface area contributed by atoms with Gasteiger partial charge in [0.15, 0.2) is 0 Å². The highest BCUT2D eigenvalue weighted by Gasteiger charge is 2.29. The first-order chi connectivity index (χ1) is 8.24. The van der Waals surface area contributed by atoms with Crippen LogP contribution in [0.3, 0.4) is 0 Å². The van der Waals surface area contributed by atoms with Crippen LogP contribution in [0.5, 0.6) is 0 Å². The van der Waals surface area contributed by atoms with Crippen molar-refractivity contribution in [2.45, 2.75) is 32.4 Å². The molecule has 0 amide bonds. The third kappa shape index (κ3) is 2.67. The van der Waals surface area contributed by atoms with E-state index in [1.807, 2.05) is 12.1 Å². The van der Waals surface area contributed by atoms with E-state index in [4.69, 9.17) is 0 Å². The second-order valence-electron chi connectivity index (χ2n) is 4.75. The van der Waals surface area contributed by atoms with Gasteiger partial charge in [0, 0.05) is 30.7 Å². The second-order valence-corrected chi connectivity index (χ2v) is 4.75. The van der Waals surface area contributed by atoms with Crippen LogP contribution in [-0.4, -0.2) is 30.6 Å². The Kier molecular flexibility index (Phi) is 4.13. The number of hydrogen-bond donors (Lipinski definition) is 1. The molecule has 3 heteroatoms. The van der Waals surface area contributed by atoms with Crippen LogP contribution in [0.4, 0.5) is 4.39 Å². The molecule has 0 saturated carbocycles. The summed E-state index contributed by atoms with van der Waals surface area (Å²) in [6, 6.07) is 7.83. The molecule has 1 fully saturated rings. The van der Waals surface area contributed by atoms with Crippen LogP contribution in [-0.2, 0) is 0 Å². The zero-order valence-corrected chi connectivity index (χ0v) is 10.6. The molecule has 1 atom stereocenters. The predicted molar refractivity (Wildman–Crippen MR) is 68.5 cm³/mol. The minimum atomic E-state index is -0.0895. The Morgan fingerprint density at radius 1 is 1.41 bits per heavy atom. The predicted octanol–water partition coefficient (Wildman–Crippen LogP) is 2.57. The molecule has 2 nitrogen and oxygen atoms in total. The average Bonchev–Trinajstić information content (AvgIpc) is 2.26. The van der Waals surface area contributed by atoms with Crippen LogP contribution in [0.25, 0.3) is 0 Å². The normalized spacial score (nSPS) is 18.1. The summed E-state index contributed by atoms with van der Waals surface area (Å²) in [5.74, 6) is -0.0895. The van der Waals surface area contributed by atoms with Gasteiger partial charge in [0.05, 0.1) is 0 Å². The van der Waals surface area contributed by atoms with Crippen molar-refractivity contribution in [3.63, 3.8) is 0 Å². The van der Waals surface area contributed by atoms with Crippen molar-refractivity contribution >= 4 is 0 Å². The fourth-order valence-corrected chi connectivity index (χ4v) is 2.45. The number of hydrogen-bond acceptors (Lipinski definition) is 2. The van der Waals surface area contributed by atoms with Gasteiger partial charge < -0.3 is 5.32 Å². The first-order valence-electron chi connectivity index (χ1n) is 6.45. The van der Waals surface area contributed by atoms with E-state index in [0.29, 0.717) is 6.04 Å².